The molecule has 0 aromatic carbocycles. The van der Waals surface area contributed by atoms with Gasteiger partial charge in [0.2, 0.25) is 5.91 Å². The zero-order valence-corrected chi connectivity index (χ0v) is 15.9. The van der Waals surface area contributed by atoms with Crippen molar-refractivity contribution in [1.82, 2.24) is 15.2 Å². The number of likely N-dealkylation sites (tertiary alicyclic amines) is 1. The number of aromatic nitrogens is 1. The third kappa shape index (κ3) is 4.00. The largest absolute Gasteiger partial charge is 0.362 e. The topological polar surface area (TPSA) is 74.3 Å². The summed E-state index contributed by atoms with van der Waals surface area (Å²) in [5.74, 6) is 1.08. The molecule has 1 aliphatic heterocycles. The second kappa shape index (κ2) is 7.70. The fraction of sp³-hybridized carbons (Fsp3) is 0.688. The Bertz CT molecular complexity index is 617. The Morgan fingerprint density at radius 1 is 1.33 bits per heavy atom. The van der Waals surface area contributed by atoms with Crippen molar-refractivity contribution in [2.75, 3.05) is 25.0 Å². The first-order valence-electron chi connectivity index (χ1n) is 8.27. The highest BCUT2D eigenvalue weighted by molar-refractivity contribution is 7.17. The number of thiazole rings is 1. The third-order valence-electron chi connectivity index (χ3n) is 4.59. The van der Waals surface area contributed by atoms with Gasteiger partial charge in [-0.05, 0) is 32.6 Å². The van der Waals surface area contributed by atoms with Crippen LogP contribution in [0.2, 0.25) is 0 Å². The molecule has 1 aromatic heterocycles. The summed E-state index contributed by atoms with van der Waals surface area (Å²) in [6, 6.07) is 0.0883. The summed E-state index contributed by atoms with van der Waals surface area (Å²) >= 11 is 1.42. The molecule has 3 rings (SSSR count). The van der Waals surface area contributed by atoms with Gasteiger partial charge < -0.3 is 15.5 Å². The summed E-state index contributed by atoms with van der Waals surface area (Å²) in [7, 11) is 0. The molecule has 2 fully saturated rings. The van der Waals surface area contributed by atoms with Crippen molar-refractivity contribution in [3.8, 4) is 0 Å². The molecule has 0 bridgehead atoms. The van der Waals surface area contributed by atoms with E-state index >= 15 is 0 Å². The van der Waals surface area contributed by atoms with E-state index in [4.69, 9.17) is 0 Å². The highest BCUT2D eigenvalue weighted by atomic mass is 35.5. The molecule has 134 valence electrons. The Kier molecular flexibility index (Phi) is 6.09. The molecule has 2 heterocycles. The Labute approximate surface area is 152 Å². The molecular weight excluding hydrogens is 348 g/mol. The average Bonchev–Trinajstić information content (AvgIpc) is 3.15. The van der Waals surface area contributed by atoms with Crippen LogP contribution >= 0.6 is 23.7 Å². The summed E-state index contributed by atoms with van der Waals surface area (Å²) in [6.07, 6.45) is 2.43. The van der Waals surface area contributed by atoms with Crippen LogP contribution in [0.4, 0.5) is 5.13 Å². The lowest BCUT2D eigenvalue weighted by Crippen LogP contribution is -2.40. The van der Waals surface area contributed by atoms with Crippen LogP contribution in [0.5, 0.6) is 0 Å². The van der Waals surface area contributed by atoms with Crippen molar-refractivity contribution < 1.29 is 9.59 Å². The monoisotopic (exact) mass is 372 g/mol. The van der Waals surface area contributed by atoms with Gasteiger partial charge in [-0.3, -0.25) is 9.59 Å². The first-order valence-corrected chi connectivity index (χ1v) is 9.09. The summed E-state index contributed by atoms with van der Waals surface area (Å²) < 4.78 is 0. The number of hydrogen-bond donors (Lipinski definition) is 2. The van der Waals surface area contributed by atoms with Crippen molar-refractivity contribution in [2.45, 2.75) is 39.7 Å². The van der Waals surface area contributed by atoms with Crippen LogP contribution in [0.1, 0.15) is 42.1 Å². The number of carbonyl (C=O) groups excluding carboxylic acids is 2. The molecule has 2 aliphatic rings. The Morgan fingerprint density at radius 2 is 2.04 bits per heavy atom. The van der Waals surface area contributed by atoms with E-state index in [1.54, 1.807) is 6.92 Å². The van der Waals surface area contributed by atoms with Gasteiger partial charge in [-0.1, -0.05) is 11.3 Å². The van der Waals surface area contributed by atoms with Gasteiger partial charge in [0, 0.05) is 32.5 Å². The molecular formula is C16H25ClN4O2S. The maximum atomic E-state index is 12.9. The Hall–Kier alpha value is -1.34. The van der Waals surface area contributed by atoms with Gasteiger partial charge in [0.1, 0.15) is 4.88 Å². The summed E-state index contributed by atoms with van der Waals surface area (Å²) in [5, 5.41) is 6.99. The van der Waals surface area contributed by atoms with Crippen LogP contribution in [0.25, 0.3) is 0 Å². The molecule has 1 aliphatic carbocycles. The van der Waals surface area contributed by atoms with Crippen LogP contribution in [0.3, 0.4) is 0 Å². The van der Waals surface area contributed by atoms with Gasteiger partial charge in [-0.2, -0.15) is 0 Å². The number of nitrogens with zero attached hydrogens (tertiary/aromatic N) is 2. The number of hydrogen-bond acceptors (Lipinski definition) is 5. The zero-order valence-electron chi connectivity index (χ0n) is 14.3. The van der Waals surface area contributed by atoms with Crippen molar-refractivity contribution in [3.05, 3.63) is 10.6 Å². The quantitative estimate of drug-likeness (QED) is 0.831. The molecule has 2 N–H and O–H groups in total. The first kappa shape index (κ1) is 19.0. The molecule has 0 spiro atoms. The molecule has 24 heavy (non-hydrogen) atoms. The molecule has 2 atom stereocenters. The van der Waals surface area contributed by atoms with Gasteiger partial charge in [-0.25, -0.2) is 4.98 Å². The van der Waals surface area contributed by atoms with Crippen LogP contribution in [0, 0.1) is 18.8 Å². The molecule has 8 heteroatoms. The SMILES string of the molecule is CCNc1nc(C)c(C(=O)N2C[C@H](NC(C)=O)[C@@H](C3CC3)C2)s1.Cl. The second-order valence-electron chi connectivity index (χ2n) is 6.48. The number of rotatable bonds is 5. The summed E-state index contributed by atoms with van der Waals surface area (Å²) in [5.41, 5.74) is 0.780. The molecule has 0 radical (unpaired) electrons. The number of aryl methyl sites for hydroxylation is 1. The maximum Gasteiger partial charge on any atom is 0.266 e. The molecule has 1 saturated carbocycles. The molecule has 6 nitrogen and oxygen atoms in total. The number of carbonyl (C=O) groups is 2. The van der Waals surface area contributed by atoms with E-state index in [1.165, 1.54) is 24.2 Å². The lowest BCUT2D eigenvalue weighted by Gasteiger charge is -2.17. The maximum absolute atomic E-state index is 12.9. The van der Waals surface area contributed by atoms with Crippen molar-refractivity contribution >= 4 is 40.7 Å². The molecule has 1 aromatic rings. The Morgan fingerprint density at radius 3 is 2.62 bits per heavy atom. The van der Waals surface area contributed by atoms with Crippen molar-refractivity contribution in [3.63, 3.8) is 0 Å². The number of nitrogens with one attached hydrogen (secondary N) is 2. The minimum absolute atomic E-state index is 0. The predicted octanol–water partition coefficient (Wildman–Crippen LogP) is 2.29. The molecule has 1 saturated heterocycles. The second-order valence-corrected chi connectivity index (χ2v) is 7.48. The van der Waals surface area contributed by atoms with E-state index in [-0.39, 0.29) is 30.3 Å². The minimum atomic E-state index is -0.0154. The lowest BCUT2D eigenvalue weighted by atomic mass is 9.98. The van der Waals surface area contributed by atoms with Gasteiger partial charge in [0.15, 0.2) is 5.13 Å². The average molecular weight is 373 g/mol. The van der Waals surface area contributed by atoms with E-state index in [1.807, 2.05) is 18.7 Å². The molecule has 2 amide bonds. The van der Waals surface area contributed by atoms with Crippen LogP contribution in [-0.4, -0.2) is 47.4 Å². The normalized spacial score (nSPS) is 22.9. The number of anilines is 1. The van der Waals surface area contributed by atoms with E-state index in [9.17, 15) is 9.59 Å². The van der Waals surface area contributed by atoms with E-state index in [0.29, 0.717) is 23.3 Å². The summed E-state index contributed by atoms with van der Waals surface area (Å²) in [6.45, 7) is 7.57. The fourth-order valence-corrected chi connectivity index (χ4v) is 4.38. The summed E-state index contributed by atoms with van der Waals surface area (Å²) in [4.78, 5) is 31.3. The van der Waals surface area contributed by atoms with Crippen molar-refractivity contribution in [2.24, 2.45) is 11.8 Å². The standard InChI is InChI=1S/C16H24N4O2S.ClH/c1-4-17-16-18-9(2)14(23-16)15(22)20-7-12(11-5-6-11)13(8-20)19-10(3)21;/h11-13H,4-8H2,1-3H3,(H,17,18)(H,19,21);1H/t12-,13+;/m1./s1. The van der Waals surface area contributed by atoms with Crippen molar-refractivity contribution in [1.29, 1.82) is 0 Å². The van der Waals surface area contributed by atoms with Crippen LogP contribution in [-0.2, 0) is 4.79 Å². The van der Waals surface area contributed by atoms with E-state index < -0.39 is 0 Å². The predicted molar refractivity (Wildman–Crippen MR) is 98.0 cm³/mol. The Balaban J connectivity index is 0.00000208. The highest BCUT2D eigenvalue weighted by Gasteiger charge is 2.44. The van der Waals surface area contributed by atoms with Gasteiger partial charge in [-0.15, -0.1) is 12.4 Å². The highest BCUT2D eigenvalue weighted by Crippen LogP contribution is 2.42. The number of amides is 2. The minimum Gasteiger partial charge on any atom is -0.362 e. The third-order valence-corrected chi connectivity index (χ3v) is 5.69. The van der Waals surface area contributed by atoms with Crippen LogP contribution < -0.4 is 10.6 Å². The molecule has 0 unspecified atom stereocenters. The fourth-order valence-electron chi connectivity index (χ4n) is 3.38. The smallest absolute Gasteiger partial charge is 0.266 e. The van der Waals surface area contributed by atoms with Gasteiger partial charge >= 0.3 is 0 Å². The van der Waals surface area contributed by atoms with Gasteiger partial charge in [0.05, 0.1) is 11.7 Å². The van der Waals surface area contributed by atoms with E-state index in [2.05, 4.69) is 15.6 Å². The zero-order chi connectivity index (χ0) is 16.6. The lowest BCUT2D eigenvalue weighted by molar-refractivity contribution is -0.119. The number of halogens is 1. The van der Waals surface area contributed by atoms with Crippen LogP contribution in [0.15, 0.2) is 0 Å². The first-order chi connectivity index (χ1) is 11.0. The van der Waals surface area contributed by atoms with E-state index in [0.717, 1.165) is 23.9 Å². The van der Waals surface area contributed by atoms with Gasteiger partial charge in [0.25, 0.3) is 5.91 Å².